The number of carbonyl (C=O) groups is 1. The molecule has 1 atom stereocenters. The summed E-state index contributed by atoms with van der Waals surface area (Å²) in [5.74, 6) is 0.184. The third-order valence-corrected chi connectivity index (χ3v) is 3.06. The van der Waals surface area contributed by atoms with Crippen molar-refractivity contribution < 1.29 is 14.6 Å². The van der Waals surface area contributed by atoms with Gasteiger partial charge in [0, 0.05) is 25.3 Å². The van der Waals surface area contributed by atoms with Crippen LogP contribution in [0.25, 0.3) is 0 Å². The standard InChI is InChI=1S/C15H23NO3/c1-11(2)14(7-8-17)16-15(18)13-6-4-5-12(9-13)10-19-3/h4-6,9,11,14,17H,7-8,10H2,1-3H3,(H,16,18). The molecule has 1 aromatic rings. The normalized spacial score (nSPS) is 12.5. The van der Waals surface area contributed by atoms with Gasteiger partial charge in [0.2, 0.25) is 0 Å². The molecule has 1 aromatic carbocycles. The lowest BCUT2D eigenvalue weighted by Crippen LogP contribution is -2.39. The number of amides is 1. The van der Waals surface area contributed by atoms with Gasteiger partial charge >= 0.3 is 0 Å². The van der Waals surface area contributed by atoms with Crippen molar-refractivity contribution in [2.24, 2.45) is 5.92 Å². The van der Waals surface area contributed by atoms with E-state index in [1.54, 1.807) is 13.2 Å². The van der Waals surface area contributed by atoms with E-state index in [2.05, 4.69) is 5.32 Å². The molecule has 1 unspecified atom stereocenters. The predicted octanol–water partition coefficient (Wildman–Crippen LogP) is 1.97. The third-order valence-electron chi connectivity index (χ3n) is 3.06. The molecule has 0 bridgehead atoms. The highest BCUT2D eigenvalue weighted by Gasteiger charge is 2.16. The Morgan fingerprint density at radius 2 is 2.16 bits per heavy atom. The minimum atomic E-state index is -0.106. The maximum atomic E-state index is 12.2. The van der Waals surface area contributed by atoms with Gasteiger partial charge < -0.3 is 15.2 Å². The lowest BCUT2D eigenvalue weighted by atomic mass is 10.0. The number of benzene rings is 1. The quantitative estimate of drug-likeness (QED) is 0.792. The van der Waals surface area contributed by atoms with Crippen molar-refractivity contribution in [3.05, 3.63) is 35.4 Å². The van der Waals surface area contributed by atoms with Crippen LogP contribution in [0.4, 0.5) is 0 Å². The summed E-state index contributed by atoms with van der Waals surface area (Å²) in [4.78, 5) is 12.2. The van der Waals surface area contributed by atoms with Crippen LogP contribution < -0.4 is 5.32 Å². The second-order valence-corrected chi connectivity index (χ2v) is 4.97. The molecule has 0 saturated carbocycles. The van der Waals surface area contributed by atoms with Gasteiger partial charge in [0.05, 0.1) is 6.61 Å². The predicted molar refractivity (Wildman–Crippen MR) is 75.0 cm³/mol. The molecule has 4 heteroatoms. The number of methoxy groups -OCH3 is 1. The number of nitrogens with one attached hydrogen (secondary N) is 1. The molecule has 0 spiro atoms. The van der Waals surface area contributed by atoms with Crippen LogP contribution in [0.2, 0.25) is 0 Å². The fraction of sp³-hybridized carbons (Fsp3) is 0.533. The summed E-state index contributed by atoms with van der Waals surface area (Å²) in [6, 6.07) is 7.37. The molecule has 0 aromatic heterocycles. The number of hydrogen-bond acceptors (Lipinski definition) is 3. The van der Waals surface area contributed by atoms with Crippen molar-refractivity contribution >= 4 is 5.91 Å². The molecule has 19 heavy (non-hydrogen) atoms. The van der Waals surface area contributed by atoms with E-state index in [0.717, 1.165) is 5.56 Å². The highest BCUT2D eigenvalue weighted by Crippen LogP contribution is 2.10. The lowest BCUT2D eigenvalue weighted by Gasteiger charge is -2.21. The van der Waals surface area contributed by atoms with Crippen LogP contribution in [0.1, 0.15) is 36.2 Å². The fourth-order valence-electron chi connectivity index (χ4n) is 1.93. The van der Waals surface area contributed by atoms with Gasteiger partial charge in [-0.2, -0.15) is 0 Å². The third kappa shape index (κ3) is 5.01. The highest BCUT2D eigenvalue weighted by molar-refractivity contribution is 5.94. The van der Waals surface area contributed by atoms with Gasteiger partial charge in [-0.1, -0.05) is 26.0 Å². The number of aliphatic hydroxyl groups is 1. The van der Waals surface area contributed by atoms with E-state index in [4.69, 9.17) is 9.84 Å². The minimum absolute atomic E-state index is 0.0106. The van der Waals surface area contributed by atoms with Gasteiger partial charge in [-0.3, -0.25) is 4.79 Å². The van der Waals surface area contributed by atoms with Crippen molar-refractivity contribution in [2.45, 2.75) is 32.9 Å². The summed E-state index contributed by atoms with van der Waals surface area (Å²) in [6.45, 7) is 4.63. The van der Waals surface area contributed by atoms with E-state index in [1.165, 1.54) is 0 Å². The van der Waals surface area contributed by atoms with Gasteiger partial charge in [-0.15, -0.1) is 0 Å². The molecule has 106 valence electrons. The fourth-order valence-corrected chi connectivity index (χ4v) is 1.93. The van der Waals surface area contributed by atoms with Crippen molar-refractivity contribution in [3.63, 3.8) is 0 Å². The molecular weight excluding hydrogens is 242 g/mol. The zero-order chi connectivity index (χ0) is 14.3. The summed E-state index contributed by atoms with van der Waals surface area (Å²) < 4.78 is 5.06. The Morgan fingerprint density at radius 1 is 1.42 bits per heavy atom. The second-order valence-electron chi connectivity index (χ2n) is 4.97. The average Bonchev–Trinajstić information content (AvgIpc) is 2.38. The van der Waals surface area contributed by atoms with Gasteiger partial charge in [-0.25, -0.2) is 0 Å². The van der Waals surface area contributed by atoms with Gasteiger partial charge in [0.1, 0.15) is 0 Å². The molecule has 0 radical (unpaired) electrons. The number of carbonyl (C=O) groups excluding carboxylic acids is 1. The first-order valence-corrected chi connectivity index (χ1v) is 6.58. The molecule has 0 saturated heterocycles. The van der Waals surface area contributed by atoms with E-state index in [1.807, 2.05) is 32.0 Å². The first-order chi connectivity index (χ1) is 9.08. The van der Waals surface area contributed by atoms with Gasteiger partial charge in [0.25, 0.3) is 5.91 Å². The zero-order valence-electron chi connectivity index (χ0n) is 11.8. The Morgan fingerprint density at radius 3 is 2.74 bits per heavy atom. The van der Waals surface area contributed by atoms with Crippen LogP contribution in [0.3, 0.4) is 0 Å². The topological polar surface area (TPSA) is 58.6 Å². The molecule has 0 heterocycles. The molecule has 4 nitrogen and oxygen atoms in total. The van der Waals surface area contributed by atoms with Crippen LogP contribution in [0.15, 0.2) is 24.3 Å². The smallest absolute Gasteiger partial charge is 0.251 e. The summed E-state index contributed by atoms with van der Waals surface area (Å²) >= 11 is 0. The van der Waals surface area contributed by atoms with E-state index < -0.39 is 0 Å². The highest BCUT2D eigenvalue weighted by atomic mass is 16.5. The molecule has 2 N–H and O–H groups in total. The van der Waals surface area contributed by atoms with Crippen LogP contribution in [0, 0.1) is 5.92 Å². The Bertz CT molecular complexity index is 404. The number of ether oxygens (including phenoxy) is 1. The summed E-state index contributed by atoms with van der Waals surface area (Å²) in [5, 5.41) is 12.0. The van der Waals surface area contributed by atoms with Gasteiger partial charge in [0.15, 0.2) is 0 Å². The first kappa shape index (κ1) is 15.7. The zero-order valence-corrected chi connectivity index (χ0v) is 11.8. The average molecular weight is 265 g/mol. The molecule has 0 aliphatic heterocycles. The largest absolute Gasteiger partial charge is 0.396 e. The van der Waals surface area contributed by atoms with Crippen molar-refractivity contribution in [1.82, 2.24) is 5.32 Å². The Balaban J connectivity index is 2.73. The van der Waals surface area contributed by atoms with Crippen LogP contribution in [-0.4, -0.2) is 30.8 Å². The summed E-state index contributed by atoms with van der Waals surface area (Å²) in [7, 11) is 1.63. The van der Waals surface area contributed by atoms with E-state index in [-0.39, 0.29) is 18.6 Å². The molecule has 0 aliphatic carbocycles. The number of hydrogen-bond donors (Lipinski definition) is 2. The van der Waals surface area contributed by atoms with Crippen molar-refractivity contribution in [2.75, 3.05) is 13.7 Å². The number of aliphatic hydroxyl groups excluding tert-OH is 1. The lowest BCUT2D eigenvalue weighted by molar-refractivity contribution is 0.0916. The molecular formula is C15H23NO3. The van der Waals surface area contributed by atoms with Crippen LogP contribution in [-0.2, 0) is 11.3 Å². The van der Waals surface area contributed by atoms with E-state index in [9.17, 15) is 4.79 Å². The Kier molecular flexibility index (Phi) is 6.53. The monoisotopic (exact) mass is 265 g/mol. The maximum absolute atomic E-state index is 12.2. The Hall–Kier alpha value is -1.39. The summed E-state index contributed by atoms with van der Waals surface area (Å²) in [6.07, 6.45) is 0.571. The van der Waals surface area contributed by atoms with Crippen LogP contribution in [0.5, 0.6) is 0 Å². The van der Waals surface area contributed by atoms with Gasteiger partial charge in [-0.05, 0) is 30.0 Å². The molecule has 1 amide bonds. The van der Waals surface area contributed by atoms with Crippen molar-refractivity contribution in [3.8, 4) is 0 Å². The molecule has 0 fully saturated rings. The van der Waals surface area contributed by atoms with E-state index >= 15 is 0 Å². The SMILES string of the molecule is COCc1cccc(C(=O)NC(CCO)C(C)C)c1. The summed E-state index contributed by atoms with van der Waals surface area (Å²) in [5.41, 5.74) is 1.59. The van der Waals surface area contributed by atoms with E-state index in [0.29, 0.717) is 24.5 Å². The Labute approximate surface area is 114 Å². The molecule has 1 rings (SSSR count). The maximum Gasteiger partial charge on any atom is 0.251 e. The van der Waals surface area contributed by atoms with Crippen molar-refractivity contribution in [1.29, 1.82) is 0 Å². The minimum Gasteiger partial charge on any atom is -0.396 e. The number of rotatable bonds is 7. The first-order valence-electron chi connectivity index (χ1n) is 6.58. The van der Waals surface area contributed by atoms with Crippen LogP contribution >= 0.6 is 0 Å². The second kappa shape index (κ2) is 7.92. The molecule has 0 aliphatic rings.